The number of carbonyl (C=O) groups excluding carboxylic acids is 1. The van der Waals surface area contributed by atoms with E-state index in [0.29, 0.717) is 5.56 Å². The standard InChI is InChI=1S/C27H21NO4S/c1-16-10-12-17(13-11-16)23-15-33-25(26(29)30)24(23)28-27(31)32-14-22-20-8-4-2-6-18(20)19-7-3-5-9-21(19)22/h2-13,15,22H,14H2,1H3,(H,28,31)(H,29,30). The van der Waals surface area contributed by atoms with Crippen molar-refractivity contribution in [2.75, 3.05) is 11.9 Å². The van der Waals surface area contributed by atoms with Crippen molar-refractivity contribution in [2.45, 2.75) is 12.8 Å². The van der Waals surface area contributed by atoms with Crippen LogP contribution in [0.2, 0.25) is 0 Å². The molecule has 0 saturated heterocycles. The van der Waals surface area contributed by atoms with Gasteiger partial charge >= 0.3 is 12.1 Å². The summed E-state index contributed by atoms with van der Waals surface area (Å²) < 4.78 is 5.62. The summed E-state index contributed by atoms with van der Waals surface area (Å²) in [4.78, 5) is 24.6. The molecule has 0 spiro atoms. The predicted molar refractivity (Wildman–Crippen MR) is 130 cm³/mol. The number of hydrogen-bond acceptors (Lipinski definition) is 4. The maximum absolute atomic E-state index is 12.8. The molecule has 1 aliphatic carbocycles. The number of ether oxygens (including phenoxy) is 1. The molecular weight excluding hydrogens is 434 g/mol. The molecule has 33 heavy (non-hydrogen) atoms. The van der Waals surface area contributed by atoms with E-state index in [0.717, 1.165) is 44.7 Å². The summed E-state index contributed by atoms with van der Waals surface area (Å²) in [7, 11) is 0. The van der Waals surface area contributed by atoms with Crippen molar-refractivity contribution >= 4 is 29.1 Å². The molecule has 4 aromatic rings. The van der Waals surface area contributed by atoms with Crippen molar-refractivity contribution in [1.82, 2.24) is 0 Å². The van der Waals surface area contributed by atoms with E-state index < -0.39 is 12.1 Å². The Kier molecular flexibility index (Phi) is 5.44. The Morgan fingerprint density at radius 2 is 1.52 bits per heavy atom. The fraction of sp³-hybridized carbons (Fsp3) is 0.111. The first kappa shape index (κ1) is 21.0. The topological polar surface area (TPSA) is 75.6 Å². The Labute approximate surface area is 195 Å². The highest BCUT2D eigenvalue weighted by Gasteiger charge is 2.29. The summed E-state index contributed by atoms with van der Waals surface area (Å²) in [6.07, 6.45) is -0.675. The van der Waals surface area contributed by atoms with Gasteiger partial charge in [-0.15, -0.1) is 11.3 Å². The Bertz CT molecular complexity index is 1310. The van der Waals surface area contributed by atoms with Gasteiger partial charge < -0.3 is 9.84 Å². The molecule has 0 saturated carbocycles. The average Bonchev–Trinajstić information content (AvgIpc) is 3.38. The van der Waals surface area contributed by atoms with Crippen molar-refractivity contribution in [3.05, 3.63) is 99.7 Å². The summed E-state index contributed by atoms with van der Waals surface area (Å²) in [6.45, 7) is 2.14. The number of carboxylic acid groups (broad SMARTS) is 1. The second-order valence-electron chi connectivity index (χ2n) is 7.98. The van der Waals surface area contributed by atoms with Gasteiger partial charge in [-0.3, -0.25) is 5.32 Å². The molecule has 5 nitrogen and oxygen atoms in total. The van der Waals surface area contributed by atoms with Crippen LogP contribution in [0.3, 0.4) is 0 Å². The van der Waals surface area contributed by atoms with Gasteiger partial charge in [0.15, 0.2) is 0 Å². The summed E-state index contributed by atoms with van der Waals surface area (Å²) in [6, 6.07) is 23.9. The van der Waals surface area contributed by atoms with Gasteiger partial charge in [0.1, 0.15) is 11.5 Å². The molecule has 1 heterocycles. The third kappa shape index (κ3) is 3.90. The molecule has 0 atom stereocenters. The Balaban J connectivity index is 1.38. The zero-order chi connectivity index (χ0) is 22.9. The molecule has 0 unspecified atom stereocenters. The Morgan fingerprint density at radius 3 is 2.12 bits per heavy atom. The molecule has 1 aliphatic rings. The molecule has 0 fully saturated rings. The van der Waals surface area contributed by atoms with Gasteiger partial charge in [0.25, 0.3) is 0 Å². The minimum Gasteiger partial charge on any atom is -0.477 e. The van der Waals surface area contributed by atoms with Gasteiger partial charge in [0, 0.05) is 16.9 Å². The number of amides is 1. The second-order valence-corrected chi connectivity index (χ2v) is 8.85. The number of carboxylic acids is 1. The van der Waals surface area contributed by atoms with Crippen LogP contribution in [-0.2, 0) is 4.74 Å². The molecule has 2 N–H and O–H groups in total. The lowest BCUT2D eigenvalue weighted by atomic mass is 9.98. The molecule has 0 aliphatic heterocycles. The van der Waals surface area contributed by atoms with E-state index >= 15 is 0 Å². The quantitative estimate of drug-likeness (QED) is 0.348. The second kappa shape index (κ2) is 8.56. The van der Waals surface area contributed by atoms with Gasteiger partial charge in [-0.05, 0) is 34.7 Å². The fourth-order valence-electron chi connectivity index (χ4n) is 4.32. The first-order valence-corrected chi connectivity index (χ1v) is 11.4. The number of thiophene rings is 1. The monoisotopic (exact) mass is 455 g/mol. The zero-order valence-corrected chi connectivity index (χ0v) is 18.7. The lowest BCUT2D eigenvalue weighted by molar-refractivity contribution is 0.0703. The summed E-state index contributed by atoms with van der Waals surface area (Å²) in [5, 5.41) is 14.1. The molecule has 1 amide bonds. The lowest BCUT2D eigenvalue weighted by Crippen LogP contribution is -2.19. The maximum atomic E-state index is 12.8. The zero-order valence-electron chi connectivity index (χ0n) is 17.9. The number of aromatic carboxylic acids is 1. The molecule has 6 heteroatoms. The van der Waals surface area contributed by atoms with Crippen molar-refractivity contribution in [2.24, 2.45) is 0 Å². The van der Waals surface area contributed by atoms with E-state index in [-0.39, 0.29) is 23.1 Å². The third-order valence-corrected chi connectivity index (χ3v) is 6.89. The van der Waals surface area contributed by atoms with Crippen LogP contribution < -0.4 is 5.32 Å². The number of aryl methyl sites for hydroxylation is 1. The van der Waals surface area contributed by atoms with E-state index in [2.05, 4.69) is 29.6 Å². The van der Waals surface area contributed by atoms with Crippen LogP contribution in [0.5, 0.6) is 0 Å². The number of fused-ring (bicyclic) bond motifs is 3. The molecule has 1 aromatic heterocycles. The van der Waals surface area contributed by atoms with Crippen molar-refractivity contribution in [3.8, 4) is 22.3 Å². The SMILES string of the molecule is Cc1ccc(-c2csc(C(=O)O)c2NC(=O)OCC2c3ccccc3-c3ccccc32)cc1. The van der Waals surface area contributed by atoms with Crippen molar-refractivity contribution < 1.29 is 19.4 Å². The van der Waals surface area contributed by atoms with Crippen LogP contribution >= 0.6 is 11.3 Å². The van der Waals surface area contributed by atoms with Gasteiger partial charge in [-0.2, -0.15) is 0 Å². The van der Waals surface area contributed by atoms with Gasteiger partial charge in [0.2, 0.25) is 0 Å². The molecule has 164 valence electrons. The highest BCUT2D eigenvalue weighted by atomic mass is 32.1. The number of anilines is 1. The van der Waals surface area contributed by atoms with Crippen molar-refractivity contribution in [1.29, 1.82) is 0 Å². The third-order valence-electron chi connectivity index (χ3n) is 5.92. The molecule has 0 bridgehead atoms. The number of rotatable bonds is 5. The highest BCUT2D eigenvalue weighted by molar-refractivity contribution is 7.13. The Hall–Kier alpha value is -3.90. The minimum atomic E-state index is -1.09. The predicted octanol–water partition coefficient (Wildman–Crippen LogP) is 6.78. The van der Waals surface area contributed by atoms with E-state index in [4.69, 9.17) is 4.74 Å². The molecular formula is C27H21NO4S. The first-order chi connectivity index (χ1) is 16.0. The number of carbonyl (C=O) groups is 2. The molecule has 5 rings (SSSR count). The van der Waals surface area contributed by atoms with E-state index in [1.165, 1.54) is 0 Å². The molecule has 0 radical (unpaired) electrons. The van der Waals surface area contributed by atoms with Crippen LogP contribution in [0.25, 0.3) is 22.3 Å². The summed E-state index contributed by atoms with van der Waals surface area (Å²) in [5.41, 5.74) is 7.38. The average molecular weight is 456 g/mol. The van der Waals surface area contributed by atoms with E-state index in [1.54, 1.807) is 5.38 Å². The van der Waals surface area contributed by atoms with Gasteiger partial charge in [0.05, 0.1) is 5.69 Å². The largest absolute Gasteiger partial charge is 0.477 e. The maximum Gasteiger partial charge on any atom is 0.411 e. The molecule has 3 aromatic carbocycles. The fourth-order valence-corrected chi connectivity index (χ4v) is 5.19. The summed E-state index contributed by atoms with van der Waals surface area (Å²) >= 11 is 1.08. The van der Waals surface area contributed by atoms with Crippen LogP contribution in [0.4, 0.5) is 10.5 Å². The van der Waals surface area contributed by atoms with Crippen LogP contribution in [0.1, 0.15) is 32.3 Å². The van der Waals surface area contributed by atoms with Gasteiger partial charge in [-0.25, -0.2) is 9.59 Å². The van der Waals surface area contributed by atoms with Crippen LogP contribution in [-0.4, -0.2) is 23.8 Å². The van der Waals surface area contributed by atoms with E-state index in [9.17, 15) is 14.7 Å². The smallest absolute Gasteiger partial charge is 0.411 e. The normalized spacial score (nSPS) is 12.2. The Morgan fingerprint density at radius 1 is 0.909 bits per heavy atom. The van der Waals surface area contributed by atoms with E-state index in [1.807, 2.05) is 55.5 Å². The van der Waals surface area contributed by atoms with Crippen LogP contribution in [0.15, 0.2) is 78.2 Å². The first-order valence-electron chi connectivity index (χ1n) is 10.6. The van der Waals surface area contributed by atoms with Gasteiger partial charge in [-0.1, -0.05) is 78.4 Å². The minimum absolute atomic E-state index is 0.0684. The number of benzene rings is 3. The number of nitrogens with one attached hydrogen (secondary N) is 1. The van der Waals surface area contributed by atoms with Crippen molar-refractivity contribution in [3.63, 3.8) is 0 Å². The number of hydrogen-bond donors (Lipinski definition) is 2. The lowest BCUT2D eigenvalue weighted by Gasteiger charge is -2.15. The highest BCUT2D eigenvalue weighted by Crippen LogP contribution is 2.44. The summed E-state index contributed by atoms with van der Waals surface area (Å²) in [5.74, 6) is -1.16. The van der Waals surface area contributed by atoms with Crippen LogP contribution in [0, 0.1) is 6.92 Å².